The van der Waals surface area contributed by atoms with Gasteiger partial charge in [-0.1, -0.05) is 15.9 Å². The van der Waals surface area contributed by atoms with Crippen LogP contribution in [0.2, 0.25) is 0 Å². The van der Waals surface area contributed by atoms with Crippen molar-refractivity contribution < 1.29 is 13.9 Å². The summed E-state index contributed by atoms with van der Waals surface area (Å²) in [7, 11) is 0. The van der Waals surface area contributed by atoms with Crippen LogP contribution in [-0.4, -0.2) is 22.7 Å². The third-order valence-corrected chi connectivity index (χ3v) is 3.14. The predicted molar refractivity (Wildman–Crippen MR) is 74.7 cm³/mol. The first kappa shape index (κ1) is 14.5. The molecule has 0 saturated heterocycles. The van der Waals surface area contributed by atoms with Crippen LogP contribution in [0.5, 0.6) is 5.75 Å². The molecule has 0 bridgehead atoms. The van der Waals surface area contributed by atoms with E-state index in [9.17, 15) is 9.18 Å². The SMILES string of the molecule is CC(NC(=O)COc1ccc(Br)cc1F)c1cn[nH]c1. The molecule has 1 atom stereocenters. The van der Waals surface area contributed by atoms with Crippen molar-refractivity contribution in [1.29, 1.82) is 0 Å². The Morgan fingerprint density at radius 2 is 2.40 bits per heavy atom. The van der Waals surface area contributed by atoms with E-state index in [1.54, 1.807) is 18.5 Å². The van der Waals surface area contributed by atoms with Crippen LogP contribution in [0.3, 0.4) is 0 Å². The summed E-state index contributed by atoms with van der Waals surface area (Å²) in [6, 6.07) is 4.19. The summed E-state index contributed by atoms with van der Waals surface area (Å²) in [5.74, 6) is -0.810. The smallest absolute Gasteiger partial charge is 0.258 e. The van der Waals surface area contributed by atoms with Crippen LogP contribution in [0, 0.1) is 5.82 Å². The topological polar surface area (TPSA) is 67.0 Å². The number of hydrogen-bond donors (Lipinski definition) is 2. The normalized spacial score (nSPS) is 11.9. The average molecular weight is 342 g/mol. The summed E-state index contributed by atoms with van der Waals surface area (Å²) in [5, 5.41) is 9.20. The van der Waals surface area contributed by atoms with Gasteiger partial charge in [-0.25, -0.2) is 4.39 Å². The molecule has 2 rings (SSSR count). The Balaban J connectivity index is 1.86. The first-order chi connectivity index (χ1) is 9.56. The number of nitrogens with one attached hydrogen (secondary N) is 2. The van der Waals surface area contributed by atoms with Gasteiger partial charge in [-0.3, -0.25) is 9.89 Å². The van der Waals surface area contributed by atoms with Gasteiger partial charge in [0.25, 0.3) is 5.91 Å². The quantitative estimate of drug-likeness (QED) is 0.878. The van der Waals surface area contributed by atoms with Crippen LogP contribution in [-0.2, 0) is 4.79 Å². The second-order valence-corrected chi connectivity index (χ2v) is 5.10. The second-order valence-electron chi connectivity index (χ2n) is 4.18. The highest BCUT2D eigenvalue weighted by molar-refractivity contribution is 9.10. The second kappa shape index (κ2) is 6.51. The minimum Gasteiger partial charge on any atom is -0.481 e. The molecule has 0 fully saturated rings. The highest BCUT2D eigenvalue weighted by Crippen LogP contribution is 2.21. The minimum atomic E-state index is -0.518. The molecule has 1 heterocycles. The fourth-order valence-electron chi connectivity index (χ4n) is 1.60. The Morgan fingerprint density at radius 3 is 3.05 bits per heavy atom. The number of halogens is 2. The number of amides is 1. The van der Waals surface area contributed by atoms with Crippen molar-refractivity contribution in [3.8, 4) is 5.75 Å². The number of rotatable bonds is 5. The number of hydrogen-bond acceptors (Lipinski definition) is 3. The number of ether oxygens (including phenoxy) is 1. The number of aromatic amines is 1. The van der Waals surface area contributed by atoms with Crippen molar-refractivity contribution in [1.82, 2.24) is 15.5 Å². The largest absolute Gasteiger partial charge is 0.481 e. The molecule has 0 radical (unpaired) electrons. The number of nitrogens with zero attached hydrogens (tertiary/aromatic N) is 1. The van der Waals surface area contributed by atoms with Crippen LogP contribution >= 0.6 is 15.9 Å². The lowest BCUT2D eigenvalue weighted by Gasteiger charge is -2.13. The zero-order chi connectivity index (χ0) is 14.5. The van der Waals surface area contributed by atoms with Gasteiger partial charge in [0.15, 0.2) is 18.2 Å². The lowest BCUT2D eigenvalue weighted by atomic mass is 10.2. The molecule has 0 saturated carbocycles. The minimum absolute atomic E-state index is 0.0410. The third kappa shape index (κ3) is 3.80. The van der Waals surface area contributed by atoms with Crippen molar-refractivity contribution in [3.05, 3.63) is 46.4 Å². The van der Waals surface area contributed by atoms with Gasteiger partial charge < -0.3 is 10.1 Å². The van der Waals surface area contributed by atoms with E-state index in [1.165, 1.54) is 12.1 Å². The Kier molecular flexibility index (Phi) is 4.73. The highest BCUT2D eigenvalue weighted by Gasteiger charge is 2.12. The van der Waals surface area contributed by atoms with Gasteiger partial charge in [0.1, 0.15) is 0 Å². The molecule has 1 aromatic heterocycles. The lowest BCUT2D eigenvalue weighted by molar-refractivity contribution is -0.123. The van der Waals surface area contributed by atoms with E-state index in [0.717, 1.165) is 5.56 Å². The highest BCUT2D eigenvalue weighted by atomic mass is 79.9. The molecule has 7 heteroatoms. The van der Waals surface area contributed by atoms with Crippen molar-refractivity contribution >= 4 is 21.8 Å². The van der Waals surface area contributed by atoms with E-state index in [0.29, 0.717) is 4.47 Å². The summed E-state index contributed by atoms with van der Waals surface area (Å²) in [5.41, 5.74) is 0.855. The number of carbonyl (C=O) groups is 1. The van der Waals surface area contributed by atoms with Crippen molar-refractivity contribution in [2.45, 2.75) is 13.0 Å². The number of benzene rings is 1. The fraction of sp³-hybridized carbons (Fsp3) is 0.231. The zero-order valence-corrected chi connectivity index (χ0v) is 12.3. The monoisotopic (exact) mass is 341 g/mol. The van der Waals surface area contributed by atoms with Gasteiger partial charge in [0, 0.05) is 16.2 Å². The molecule has 5 nitrogen and oxygen atoms in total. The summed E-state index contributed by atoms with van der Waals surface area (Å²) >= 11 is 3.15. The van der Waals surface area contributed by atoms with E-state index < -0.39 is 5.82 Å². The van der Waals surface area contributed by atoms with Crippen molar-refractivity contribution in [2.24, 2.45) is 0 Å². The standard InChI is InChI=1S/C13H13BrFN3O2/c1-8(9-5-16-17-6-9)18-13(19)7-20-12-3-2-10(14)4-11(12)15/h2-6,8H,7H2,1H3,(H,16,17)(H,18,19). The summed E-state index contributed by atoms with van der Waals surface area (Å²) in [6.07, 6.45) is 3.32. The molecule has 2 N–H and O–H groups in total. The van der Waals surface area contributed by atoms with Gasteiger partial charge in [-0.05, 0) is 25.1 Å². The molecule has 1 unspecified atom stereocenters. The van der Waals surface area contributed by atoms with Gasteiger partial charge in [-0.15, -0.1) is 0 Å². The van der Waals surface area contributed by atoms with Crippen molar-refractivity contribution in [3.63, 3.8) is 0 Å². The molecule has 1 aromatic carbocycles. The first-order valence-electron chi connectivity index (χ1n) is 5.92. The van der Waals surface area contributed by atoms with Crippen LogP contribution < -0.4 is 10.1 Å². The number of aromatic nitrogens is 2. The molecule has 1 amide bonds. The molecule has 0 aliphatic carbocycles. The summed E-state index contributed by atoms with van der Waals surface area (Å²) in [4.78, 5) is 11.7. The van der Waals surface area contributed by atoms with E-state index >= 15 is 0 Å². The average Bonchev–Trinajstić information content (AvgIpc) is 2.91. The number of carbonyl (C=O) groups excluding carboxylic acids is 1. The van der Waals surface area contributed by atoms with Gasteiger partial charge in [0.2, 0.25) is 0 Å². The van der Waals surface area contributed by atoms with Gasteiger partial charge in [0.05, 0.1) is 12.2 Å². The molecule has 0 aliphatic rings. The maximum absolute atomic E-state index is 13.5. The van der Waals surface area contributed by atoms with Crippen LogP contribution in [0.15, 0.2) is 35.1 Å². The Labute approximate surface area is 123 Å². The lowest BCUT2D eigenvalue weighted by Crippen LogP contribution is -2.31. The summed E-state index contributed by atoms with van der Waals surface area (Å²) < 4.78 is 19.2. The fourth-order valence-corrected chi connectivity index (χ4v) is 1.93. The van der Waals surface area contributed by atoms with Gasteiger partial charge in [-0.2, -0.15) is 5.10 Å². The number of H-pyrrole nitrogens is 1. The van der Waals surface area contributed by atoms with Crippen LogP contribution in [0.4, 0.5) is 4.39 Å². The molecule has 2 aromatic rings. The van der Waals surface area contributed by atoms with Gasteiger partial charge >= 0.3 is 0 Å². The molecule has 0 aliphatic heterocycles. The van der Waals surface area contributed by atoms with Crippen LogP contribution in [0.1, 0.15) is 18.5 Å². The predicted octanol–water partition coefficient (Wildman–Crippen LogP) is 2.57. The van der Waals surface area contributed by atoms with E-state index in [-0.39, 0.29) is 24.3 Å². The first-order valence-corrected chi connectivity index (χ1v) is 6.71. The maximum atomic E-state index is 13.5. The Hall–Kier alpha value is -1.89. The van der Waals surface area contributed by atoms with Crippen molar-refractivity contribution in [2.75, 3.05) is 6.61 Å². The molecular weight excluding hydrogens is 329 g/mol. The van der Waals surface area contributed by atoms with E-state index in [4.69, 9.17) is 4.74 Å². The molecule has 106 valence electrons. The molecule has 20 heavy (non-hydrogen) atoms. The maximum Gasteiger partial charge on any atom is 0.258 e. The molecule has 0 spiro atoms. The van der Waals surface area contributed by atoms with E-state index in [1.807, 2.05) is 6.92 Å². The third-order valence-electron chi connectivity index (χ3n) is 2.65. The zero-order valence-electron chi connectivity index (χ0n) is 10.7. The summed E-state index contributed by atoms with van der Waals surface area (Å²) in [6.45, 7) is 1.57. The Bertz CT molecular complexity index is 589. The van der Waals surface area contributed by atoms with E-state index in [2.05, 4.69) is 31.4 Å². The Morgan fingerprint density at radius 1 is 1.60 bits per heavy atom. The van der Waals surface area contributed by atoms with Crippen LogP contribution in [0.25, 0.3) is 0 Å². The molecular formula is C13H13BrFN3O2.